The Bertz CT molecular complexity index is 1590. The van der Waals surface area contributed by atoms with Gasteiger partial charge in [-0.2, -0.15) is 5.10 Å². The van der Waals surface area contributed by atoms with E-state index >= 15 is 0 Å². The van der Waals surface area contributed by atoms with E-state index in [1.165, 1.54) is 10.9 Å². The molecule has 13 heteroatoms. The van der Waals surface area contributed by atoms with Gasteiger partial charge < -0.3 is 9.64 Å². The van der Waals surface area contributed by atoms with E-state index in [1.807, 2.05) is 0 Å². The normalized spacial score (nSPS) is 26.8. The van der Waals surface area contributed by atoms with Crippen molar-refractivity contribution in [1.29, 1.82) is 0 Å². The summed E-state index contributed by atoms with van der Waals surface area (Å²) in [6, 6.07) is 4.92. The van der Waals surface area contributed by atoms with Crippen LogP contribution >= 0.6 is 0 Å². The van der Waals surface area contributed by atoms with Gasteiger partial charge in [0.15, 0.2) is 5.82 Å². The van der Waals surface area contributed by atoms with Crippen molar-refractivity contribution in [2.45, 2.75) is 69.5 Å². The third kappa shape index (κ3) is 4.43. The number of aromatic nitrogens is 5. The van der Waals surface area contributed by atoms with Crippen molar-refractivity contribution in [2.75, 3.05) is 18.1 Å². The SMILES string of the molecule is Cc1c(S(=O)(=O)NC(=O)c2ccc(-n3ccc(OCC45CC(F)(C4)C5)n3)nc2N2C[C@@H](C)CC2(C)C)cnn1C. The number of nitrogens with zero attached hydrogens (tertiary/aromatic N) is 6. The fourth-order valence-electron chi connectivity index (χ4n) is 6.64. The first-order valence-electron chi connectivity index (χ1n) is 13.4. The minimum absolute atomic E-state index is 0.0609. The number of amides is 1. The summed E-state index contributed by atoms with van der Waals surface area (Å²) in [6.45, 7) is 9.00. The minimum Gasteiger partial charge on any atom is -0.476 e. The molecule has 1 aliphatic heterocycles. The Hall–Kier alpha value is -3.48. The maximum atomic E-state index is 13.8. The predicted octanol–water partition coefficient (Wildman–Crippen LogP) is 3.32. The number of rotatable bonds is 8. The summed E-state index contributed by atoms with van der Waals surface area (Å²) in [5.41, 5.74) is -0.796. The number of ether oxygens (including phenoxy) is 1. The van der Waals surface area contributed by atoms with Gasteiger partial charge in [-0.3, -0.25) is 9.48 Å². The average molecular weight is 572 g/mol. The van der Waals surface area contributed by atoms with E-state index in [4.69, 9.17) is 9.72 Å². The summed E-state index contributed by atoms with van der Waals surface area (Å²) < 4.78 is 51.0. The standard InChI is InChI=1S/C27H34FN7O4S/c1-17-10-25(3,4)34(12-17)23-19(24(36)32-40(37,38)20-11-29-33(5)18(20)2)6-7-21(30-23)35-9-8-22(31-35)39-16-26-13-27(28,14-26)15-26/h6-9,11,17H,10,12-16H2,1-5H3,(H,32,36)/t17-,26?,27?/m0/s1. The summed E-state index contributed by atoms with van der Waals surface area (Å²) in [7, 11) is -2.53. The van der Waals surface area contributed by atoms with Crippen LogP contribution in [0.1, 0.15) is 62.5 Å². The Morgan fingerprint density at radius 1 is 1.23 bits per heavy atom. The maximum Gasteiger partial charge on any atom is 0.268 e. The summed E-state index contributed by atoms with van der Waals surface area (Å²) in [5, 5.41) is 8.48. The highest BCUT2D eigenvalue weighted by atomic mass is 32.2. The lowest BCUT2D eigenvalue weighted by atomic mass is 9.43. The summed E-state index contributed by atoms with van der Waals surface area (Å²) in [5.74, 6) is 0.818. The van der Waals surface area contributed by atoms with Crippen molar-refractivity contribution in [2.24, 2.45) is 18.4 Å². The fourth-order valence-corrected chi connectivity index (χ4v) is 7.81. The van der Waals surface area contributed by atoms with Crippen LogP contribution in [-0.4, -0.2) is 63.2 Å². The number of nitrogens with one attached hydrogen (secondary N) is 1. The van der Waals surface area contributed by atoms with Crippen LogP contribution in [0, 0.1) is 18.3 Å². The quantitative estimate of drug-likeness (QED) is 0.437. The number of hydrogen-bond acceptors (Lipinski definition) is 8. The van der Waals surface area contributed by atoms with E-state index in [-0.39, 0.29) is 21.4 Å². The molecule has 214 valence electrons. The van der Waals surface area contributed by atoms with Gasteiger partial charge in [-0.1, -0.05) is 6.92 Å². The highest BCUT2D eigenvalue weighted by Crippen LogP contribution is 2.69. The lowest BCUT2D eigenvalue weighted by Gasteiger charge is -2.65. The molecule has 0 aromatic carbocycles. The Labute approximate surface area is 232 Å². The van der Waals surface area contributed by atoms with Crippen LogP contribution in [0.3, 0.4) is 0 Å². The molecular weight excluding hydrogens is 537 g/mol. The summed E-state index contributed by atoms with van der Waals surface area (Å²) in [6.07, 6.45) is 5.47. The first-order valence-corrected chi connectivity index (χ1v) is 14.9. The molecule has 1 amide bonds. The molecule has 4 aliphatic rings. The number of aryl methyl sites for hydroxylation is 1. The van der Waals surface area contributed by atoms with Crippen LogP contribution in [0.2, 0.25) is 0 Å². The van der Waals surface area contributed by atoms with E-state index in [0.29, 0.717) is 61.5 Å². The highest BCUT2D eigenvalue weighted by Gasteiger charge is 2.69. The van der Waals surface area contributed by atoms with E-state index in [0.717, 1.165) is 6.42 Å². The second kappa shape index (κ2) is 8.76. The van der Waals surface area contributed by atoms with Gasteiger partial charge in [0.25, 0.3) is 15.9 Å². The molecule has 1 saturated heterocycles. The molecule has 4 heterocycles. The number of anilines is 1. The topological polar surface area (TPSA) is 124 Å². The molecule has 1 N–H and O–H groups in total. The zero-order valence-electron chi connectivity index (χ0n) is 23.3. The Morgan fingerprint density at radius 2 is 1.95 bits per heavy atom. The molecule has 0 spiro atoms. The van der Waals surface area contributed by atoms with E-state index < -0.39 is 21.6 Å². The number of carbonyl (C=O) groups is 1. The van der Waals surface area contributed by atoms with Crippen molar-refractivity contribution in [3.05, 3.63) is 41.9 Å². The Kier molecular flexibility index (Phi) is 5.85. The zero-order valence-corrected chi connectivity index (χ0v) is 24.1. The van der Waals surface area contributed by atoms with Crippen LogP contribution in [0.25, 0.3) is 5.82 Å². The smallest absolute Gasteiger partial charge is 0.268 e. The number of carbonyl (C=O) groups excluding carboxylic acids is 1. The van der Waals surface area contributed by atoms with Gasteiger partial charge in [-0.25, -0.2) is 27.2 Å². The van der Waals surface area contributed by atoms with Crippen molar-refractivity contribution in [3.63, 3.8) is 0 Å². The molecule has 7 rings (SSSR count). The second-order valence-electron chi connectivity index (χ2n) is 12.5. The maximum absolute atomic E-state index is 13.8. The van der Waals surface area contributed by atoms with Crippen molar-refractivity contribution in [3.8, 4) is 11.7 Å². The molecule has 3 aromatic rings. The third-order valence-corrected chi connectivity index (χ3v) is 9.98. The average Bonchev–Trinajstić information content (AvgIpc) is 3.52. The number of alkyl halides is 1. The van der Waals surface area contributed by atoms with Gasteiger partial charge in [-0.15, -0.1) is 5.10 Å². The Morgan fingerprint density at radius 3 is 2.55 bits per heavy atom. The molecule has 2 bridgehead atoms. The third-order valence-electron chi connectivity index (χ3n) is 8.54. The van der Waals surface area contributed by atoms with Gasteiger partial charge >= 0.3 is 0 Å². The number of halogens is 1. The largest absolute Gasteiger partial charge is 0.476 e. The van der Waals surface area contributed by atoms with Crippen LogP contribution in [0.5, 0.6) is 5.88 Å². The number of sulfonamides is 1. The van der Waals surface area contributed by atoms with Crippen LogP contribution in [0.15, 0.2) is 35.5 Å². The Balaban J connectivity index is 1.29. The van der Waals surface area contributed by atoms with Crippen LogP contribution in [0.4, 0.5) is 10.2 Å². The number of pyridine rings is 1. The lowest BCUT2D eigenvalue weighted by molar-refractivity contribution is -0.226. The van der Waals surface area contributed by atoms with Crippen molar-refractivity contribution < 1.29 is 22.3 Å². The molecule has 11 nitrogen and oxygen atoms in total. The molecule has 1 atom stereocenters. The first-order chi connectivity index (χ1) is 18.7. The first kappa shape index (κ1) is 26.7. The molecule has 3 aliphatic carbocycles. The lowest BCUT2D eigenvalue weighted by Crippen LogP contribution is -2.66. The van der Waals surface area contributed by atoms with Crippen molar-refractivity contribution >= 4 is 21.7 Å². The number of hydrogen-bond donors (Lipinski definition) is 1. The van der Waals surface area contributed by atoms with Gasteiger partial charge in [0.05, 0.1) is 24.1 Å². The van der Waals surface area contributed by atoms with Gasteiger partial charge in [0, 0.05) is 36.8 Å². The van der Waals surface area contributed by atoms with Crippen molar-refractivity contribution in [1.82, 2.24) is 29.3 Å². The zero-order chi connectivity index (χ0) is 28.7. The predicted molar refractivity (Wildman–Crippen MR) is 145 cm³/mol. The summed E-state index contributed by atoms with van der Waals surface area (Å²) >= 11 is 0. The molecule has 40 heavy (non-hydrogen) atoms. The van der Waals surface area contributed by atoms with Crippen LogP contribution < -0.4 is 14.4 Å². The van der Waals surface area contributed by atoms with Gasteiger partial charge in [-0.05, 0) is 64.5 Å². The van der Waals surface area contributed by atoms with Crippen LogP contribution in [-0.2, 0) is 17.1 Å². The highest BCUT2D eigenvalue weighted by molar-refractivity contribution is 7.90. The monoisotopic (exact) mass is 571 g/mol. The molecule has 0 radical (unpaired) electrons. The molecular formula is C27H34FN7O4S. The molecule has 4 fully saturated rings. The van der Waals surface area contributed by atoms with Gasteiger partial charge in [0.2, 0.25) is 5.88 Å². The van der Waals surface area contributed by atoms with E-state index in [1.54, 1.807) is 43.0 Å². The minimum atomic E-state index is -4.16. The molecule has 0 unspecified atom stereocenters. The summed E-state index contributed by atoms with van der Waals surface area (Å²) in [4.78, 5) is 20.3. The van der Waals surface area contributed by atoms with E-state index in [2.05, 4.69) is 40.6 Å². The second-order valence-corrected chi connectivity index (χ2v) is 14.1. The van der Waals surface area contributed by atoms with E-state index in [9.17, 15) is 17.6 Å². The molecule has 3 saturated carbocycles. The van der Waals surface area contributed by atoms with Gasteiger partial charge in [0.1, 0.15) is 16.4 Å². The molecule has 3 aromatic heterocycles. The fraction of sp³-hybridized carbons (Fsp3) is 0.556.